The van der Waals surface area contributed by atoms with Crippen molar-refractivity contribution in [2.45, 2.75) is 65.1 Å². The van der Waals surface area contributed by atoms with Crippen LogP contribution in [0.1, 0.15) is 47.0 Å². The number of amides is 3. The van der Waals surface area contributed by atoms with Crippen LogP contribution in [-0.2, 0) is 19.2 Å². The van der Waals surface area contributed by atoms with E-state index < -0.39 is 48.4 Å². The van der Waals surface area contributed by atoms with Gasteiger partial charge in [0.05, 0.1) is 12.6 Å². The Morgan fingerprint density at radius 2 is 1.61 bits per heavy atom. The molecule has 178 valence electrons. The van der Waals surface area contributed by atoms with E-state index in [-0.39, 0.29) is 24.2 Å². The highest BCUT2D eigenvalue weighted by Gasteiger charge is 2.27. The number of rotatable bonds is 14. The molecule has 12 nitrogen and oxygen atoms in total. The van der Waals surface area contributed by atoms with Crippen LogP contribution in [0.25, 0.3) is 0 Å². The van der Waals surface area contributed by atoms with Crippen molar-refractivity contribution in [3.05, 3.63) is 0 Å². The maximum atomic E-state index is 12.5. The van der Waals surface area contributed by atoms with Crippen LogP contribution in [0.4, 0.5) is 0 Å². The molecule has 0 saturated carbocycles. The average Bonchev–Trinajstić information content (AvgIpc) is 2.65. The summed E-state index contributed by atoms with van der Waals surface area (Å²) >= 11 is 0. The van der Waals surface area contributed by atoms with Gasteiger partial charge < -0.3 is 38.3 Å². The number of nitrogens with two attached hydrogens (primary N) is 3. The van der Waals surface area contributed by atoms with Crippen LogP contribution >= 0.6 is 0 Å². The third-order valence-corrected chi connectivity index (χ3v) is 4.31. The number of guanidine groups is 1. The third kappa shape index (κ3) is 12.4. The summed E-state index contributed by atoms with van der Waals surface area (Å²) in [5, 5.41) is 16.6. The lowest BCUT2D eigenvalue weighted by molar-refractivity contribution is -0.142. The van der Waals surface area contributed by atoms with Gasteiger partial charge >= 0.3 is 5.97 Å². The lowest BCUT2D eigenvalue weighted by Crippen LogP contribution is -2.55. The van der Waals surface area contributed by atoms with Gasteiger partial charge in [-0.05, 0) is 31.1 Å². The fraction of sp³-hybridized carbons (Fsp3) is 0.737. The minimum absolute atomic E-state index is 0.0440. The maximum absolute atomic E-state index is 12.5. The molecule has 0 radical (unpaired) electrons. The van der Waals surface area contributed by atoms with E-state index in [9.17, 15) is 24.3 Å². The molecule has 31 heavy (non-hydrogen) atoms. The standard InChI is InChI=1S/C19H37N7O5/c1-10(2)8-13(18(30)31)25-14(27)9-24-17(29)15(11(3)4)26-16(28)12(20)6-5-7-23-19(21)22/h10-13,15H,5-9,20H2,1-4H3,(H,24,29)(H,25,27)(H,26,28)(H,30,31)(H4,21,22,23). The van der Waals surface area contributed by atoms with Crippen LogP contribution in [0.5, 0.6) is 0 Å². The van der Waals surface area contributed by atoms with E-state index in [1.807, 2.05) is 13.8 Å². The van der Waals surface area contributed by atoms with E-state index in [1.165, 1.54) is 0 Å². The van der Waals surface area contributed by atoms with Gasteiger partial charge in [-0.2, -0.15) is 0 Å². The zero-order chi connectivity index (χ0) is 24.1. The van der Waals surface area contributed by atoms with Gasteiger partial charge in [-0.15, -0.1) is 0 Å². The number of aliphatic imine (C=N–C) groups is 1. The highest BCUT2D eigenvalue weighted by atomic mass is 16.4. The first-order valence-corrected chi connectivity index (χ1v) is 10.3. The van der Waals surface area contributed by atoms with Crippen LogP contribution in [-0.4, -0.2) is 66.0 Å². The number of hydrogen-bond acceptors (Lipinski definition) is 6. The molecule has 3 atom stereocenters. The van der Waals surface area contributed by atoms with Gasteiger partial charge in [0.2, 0.25) is 17.7 Å². The molecule has 0 saturated heterocycles. The van der Waals surface area contributed by atoms with E-state index in [0.717, 1.165) is 0 Å². The summed E-state index contributed by atoms with van der Waals surface area (Å²) in [7, 11) is 0. The van der Waals surface area contributed by atoms with E-state index in [1.54, 1.807) is 13.8 Å². The number of aliphatic carboxylic acids is 1. The first-order chi connectivity index (χ1) is 14.3. The minimum atomic E-state index is -1.14. The quantitative estimate of drug-likeness (QED) is 0.0924. The molecular weight excluding hydrogens is 406 g/mol. The number of carbonyl (C=O) groups excluding carboxylic acids is 3. The second-order valence-corrected chi connectivity index (χ2v) is 8.09. The fourth-order valence-corrected chi connectivity index (χ4v) is 2.66. The Balaban J connectivity index is 4.70. The molecule has 0 fully saturated rings. The Labute approximate surface area is 182 Å². The molecule has 12 heteroatoms. The van der Waals surface area contributed by atoms with Crippen LogP contribution in [0.2, 0.25) is 0 Å². The normalized spacial score (nSPS) is 13.8. The second-order valence-electron chi connectivity index (χ2n) is 8.09. The molecule has 3 unspecified atom stereocenters. The van der Waals surface area contributed by atoms with Crippen molar-refractivity contribution in [3.8, 4) is 0 Å². The molecule has 3 amide bonds. The molecule has 0 heterocycles. The predicted molar refractivity (Wildman–Crippen MR) is 117 cm³/mol. The number of hydrogen-bond donors (Lipinski definition) is 7. The lowest BCUT2D eigenvalue weighted by Gasteiger charge is -2.23. The SMILES string of the molecule is CC(C)CC(NC(=O)CNC(=O)C(NC(=O)C(N)CCCN=C(N)N)C(C)C)C(=O)O. The van der Waals surface area contributed by atoms with Crippen LogP contribution in [0.3, 0.4) is 0 Å². The monoisotopic (exact) mass is 443 g/mol. The Hall–Kier alpha value is -2.89. The number of carboxylic acid groups (broad SMARTS) is 1. The van der Waals surface area contributed by atoms with Crippen molar-refractivity contribution >= 4 is 29.7 Å². The molecule has 0 aromatic rings. The summed E-state index contributed by atoms with van der Waals surface area (Å²) < 4.78 is 0. The van der Waals surface area contributed by atoms with Crippen LogP contribution in [0, 0.1) is 11.8 Å². The number of nitrogens with zero attached hydrogens (tertiary/aromatic N) is 1. The summed E-state index contributed by atoms with van der Waals surface area (Å²) in [6.07, 6.45) is 1.08. The topological polar surface area (TPSA) is 215 Å². The van der Waals surface area contributed by atoms with Crippen molar-refractivity contribution in [2.24, 2.45) is 34.0 Å². The van der Waals surface area contributed by atoms with Gasteiger partial charge in [-0.3, -0.25) is 19.4 Å². The molecule has 0 aliphatic heterocycles. The van der Waals surface area contributed by atoms with Gasteiger partial charge in [0.25, 0.3) is 0 Å². The van der Waals surface area contributed by atoms with Crippen LogP contribution < -0.4 is 33.2 Å². The molecule has 10 N–H and O–H groups in total. The largest absolute Gasteiger partial charge is 0.480 e. The molecule has 0 spiro atoms. The molecule has 0 aliphatic rings. The van der Waals surface area contributed by atoms with Crippen molar-refractivity contribution in [1.29, 1.82) is 0 Å². The number of carboxylic acids is 1. The summed E-state index contributed by atoms with van der Waals surface area (Å²) in [5.41, 5.74) is 16.3. The molecule has 0 aromatic heterocycles. The third-order valence-electron chi connectivity index (χ3n) is 4.31. The molecule has 0 bridgehead atoms. The predicted octanol–water partition coefficient (Wildman–Crippen LogP) is -1.76. The van der Waals surface area contributed by atoms with E-state index in [2.05, 4.69) is 20.9 Å². The van der Waals surface area contributed by atoms with Gasteiger partial charge in [0.15, 0.2) is 5.96 Å². The zero-order valence-electron chi connectivity index (χ0n) is 18.7. The first-order valence-electron chi connectivity index (χ1n) is 10.3. The number of carbonyl (C=O) groups is 4. The molecular formula is C19H37N7O5. The van der Waals surface area contributed by atoms with Crippen LogP contribution in [0.15, 0.2) is 4.99 Å². The molecule has 0 aromatic carbocycles. The van der Waals surface area contributed by atoms with Gasteiger partial charge in [-0.25, -0.2) is 4.79 Å². The average molecular weight is 444 g/mol. The molecule has 0 aliphatic carbocycles. The molecule has 0 rings (SSSR count). The Morgan fingerprint density at radius 1 is 1.00 bits per heavy atom. The lowest BCUT2D eigenvalue weighted by atomic mass is 10.0. The Morgan fingerprint density at radius 3 is 2.10 bits per heavy atom. The van der Waals surface area contributed by atoms with Crippen molar-refractivity contribution in [3.63, 3.8) is 0 Å². The summed E-state index contributed by atoms with van der Waals surface area (Å²) in [6, 6.07) is -2.80. The first kappa shape index (κ1) is 28.1. The van der Waals surface area contributed by atoms with Gasteiger partial charge in [0.1, 0.15) is 12.1 Å². The van der Waals surface area contributed by atoms with E-state index >= 15 is 0 Å². The summed E-state index contributed by atoms with van der Waals surface area (Å²) in [4.78, 5) is 51.9. The highest BCUT2D eigenvalue weighted by Crippen LogP contribution is 2.06. The Bertz CT molecular complexity index is 648. The second kappa shape index (κ2) is 14.2. The minimum Gasteiger partial charge on any atom is -0.480 e. The maximum Gasteiger partial charge on any atom is 0.326 e. The van der Waals surface area contributed by atoms with E-state index in [4.69, 9.17) is 17.2 Å². The van der Waals surface area contributed by atoms with E-state index in [0.29, 0.717) is 19.4 Å². The fourth-order valence-electron chi connectivity index (χ4n) is 2.66. The highest BCUT2D eigenvalue weighted by molar-refractivity contribution is 5.92. The summed E-state index contributed by atoms with van der Waals surface area (Å²) in [5.74, 6) is -3.10. The Kier molecular flexibility index (Phi) is 12.9. The smallest absolute Gasteiger partial charge is 0.326 e. The van der Waals surface area contributed by atoms with Gasteiger partial charge in [-0.1, -0.05) is 27.7 Å². The summed E-state index contributed by atoms with van der Waals surface area (Å²) in [6.45, 7) is 7.07. The zero-order valence-corrected chi connectivity index (χ0v) is 18.7. The van der Waals surface area contributed by atoms with Crippen molar-refractivity contribution in [1.82, 2.24) is 16.0 Å². The van der Waals surface area contributed by atoms with Crippen molar-refractivity contribution in [2.75, 3.05) is 13.1 Å². The van der Waals surface area contributed by atoms with Crippen molar-refractivity contribution < 1.29 is 24.3 Å². The number of nitrogens with one attached hydrogen (secondary N) is 3. The van der Waals surface area contributed by atoms with Gasteiger partial charge in [0, 0.05) is 6.54 Å².